The zero-order chi connectivity index (χ0) is 22.0. The van der Waals surface area contributed by atoms with Gasteiger partial charge in [0.05, 0.1) is 0 Å². The Morgan fingerprint density at radius 1 is 0.531 bits per heavy atom. The highest BCUT2D eigenvalue weighted by molar-refractivity contribution is 7.73. The molecule has 0 saturated heterocycles. The van der Waals surface area contributed by atoms with E-state index in [0.717, 1.165) is 25.8 Å². The summed E-state index contributed by atoms with van der Waals surface area (Å²) in [6.07, 6.45) is 3.35. The van der Waals surface area contributed by atoms with Gasteiger partial charge >= 0.3 is 0 Å². The highest BCUT2D eigenvalue weighted by Crippen LogP contribution is 2.57. The van der Waals surface area contributed by atoms with E-state index in [1.807, 2.05) is 0 Å². The lowest BCUT2D eigenvalue weighted by molar-refractivity contribution is 0.561. The molecular formula is C30H32NP. The molecule has 0 aliphatic carbocycles. The molecule has 0 saturated carbocycles. The Morgan fingerprint density at radius 2 is 0.969 bits per heavy atom. The molecule has 0 aliphatic heterocycles. The van der Waals surface area contributed by atoms with Gasteiger partial charge in [0, 0.05) is 5.66 Å². The Hall–Kier alpha value is -2.73. The number of rotatable bonds is 10. The van der Waals surface area contributed by atoms with Crippen LogP contribution in [-0.4, -0.2) is 6.54 Å². The highest BCUT2D eigenvalue weighted by Gasteiger charge is 2.33. The van der Waals surface area contributed by atoms with Crippen molar-refractivity contribution in [3.63, 3.8) is 0 Å². The summed E-state index contributed by atoms with van der Waals surface area (Å²) in [6.45, 7) is 0.754. The van der Waals surface area contributed by atoms with Crippen LogP contribution in [0.2, 0.25) is 0 Å². The monoisotopic (exact) mass is 437 g/mol. The number of hydrogen-bond donors (Lipinski definition) is 1. The third kappa shape index (κ3) is 5.54. The topological polar surface area (TPSA) is 26.0 Å². The van der Waals surface area contributed by atoms with E-state index in [0.29, 0.717) is 11.6 Å². The molecular weight excluding hydrogens is 405 g/mol. The molecule has 0 unspecified atom stereocenters. The largest absolute Gasteiger partial charge is 0.330 e. The fraction of sp³-hybridized carbons (Fsp3) is 0.200. The van der Waals surface area contributed by atoms with Gasteiger partial charge in [0.2, 0.25) is 0 Å². The molecule has 0 radical (unpaired) electrons. The quantitative estimate of drug-likeness (QED) is 0.215. The van der Waals surface area contributed by atoms with Crippen LogP contribution in [0.4, 0.5) is 0 Å². The lowest BCUT2D eigenvalue weighted by Crippen LogP contribution is -2.22. The van der Waals surface area contributed by atoms with Crippen LogP contribution in [0, 0.1) is 0 Å². The molecule has 162 valence electrons. The van der Waals surface area contributed by atoms with Crippen LogP contribution in [-0.2, 0) is 0 Å². The van der Waals surface area contributed by atoms with Crippen molar-refractivity contribution in [3.8, 4) is 0 Å². The van der Waals surface area contributed by atoms with Crippen molar-refractivity contribution in [2.75, 3.05) is 6.54 Å². The first-order valence-corrected chi connectivity index (χ1v) is 13.0. The summed E-state index contributed by atoms with van der Waals surface area (Å²) in [4.78, 5) is 0. The first-order chi connectivity index (χ1) is 15.9. The standard InChI is InChI=1S/C30H32NP/c31-24-14-13-23-29(25-15-5-1-6-16-25)30(26-17-7-2-8-18-26)32(27-19-9-3-10-20-27)28-21-11-4-12-22-28/h1-12,15-22,29-30H,13-14,23-24,31H2/t29-,30-/m0/s1. The second-order valence-electron chi connectivity index (χ2n) is 8.20. The van der Waals surface area contributed by atoms with Crippen molar-refractivity contribution >= 4 is 18.5 Å². The van der Waals surface area contributed by atoms with Gasteiger partial charge in [-0.05, 0) is 55.0 Å². The maximum atomic E-state index is 5.89. The van der Waals surface area contributed by atoms with E-state index >= 15 is 0 Å². The maximum absolute atomic E-state index is 5.89. The van der Waals surface area contributed by atoms with E-state index in [1.54, 1.807) is 0 Å². The molecule has 0 aromatic heterocycles. The number of hydrogen-bond acceptors (Lipinski definition) is 1. The van der Waals surface area contributed by atoms with Crippen molar-refractivity contribution < 1.29 is 0 Å². The Balaban J connectivity index is 1.89. The van der Waals surface area contributed by atoms with Crippen LogP contribution in [0.3, 0.4) is 0 Å². The Bertz CT molecular complexity index is 996. The van der Waals surface area contributed by atoms with E-state index in [1.165, 1.54) is 21.7 Å². The summed E-state index contributed by atoms with van der Waals surface area (Å²) in [5, 5.41) is 2.87. The summed E-state index contributed by atoms with van der Waals surface area (Å²) < 4.78 is 0. The van der Waals surface area contributed by atoms with Gasteiger partial charge in [-0.2, -0.15) is 0 Å². The summed E-state index contributed by atoms with van der Waals surface area (Å²) >= 11 is 0. The molecule has 0 spiro atoms. The fourth-order valence-electron chi connectivity index (χ4n) is 4.57. The second-order valence-corrected chi connectivity index (χ2v) is 10.5. The molecule has 2 heteroatoms. The van der Waals surface area contributed by atoms with Crippen LogP contribution in [0.1, 0.15) is 42.0 Å². The lowest BCUT2D eigenvalue weighted by Gasteiger charge is -2.36. The van der Waals surface area contributed by atoms with E-state index in [9.17, 15) is 0 Å². The van der Waals surface area contributed by atoms with E-state index in [-0.39, 0.29) is 0 Å². The van der Waals surface area contributed by atoms with Gasteiger partial charge in [-0.15, -0.1) is 0 Å². The molecule has 0 fully saturated rings. The Morgan fingerprint density at radius 3 is 1.44 bits per heavy atom. The van der Waals surface area contributed by atoms with E-state index in [4.69, 9.17) is 5.73 Å². The Labute approximate surface area is 194 Å². The van der Waals surface area contributed by atoms with Gasteiger partial charge in [-0.3, -0.25) is 0 Å². The van der Waals surface area contributed by atoms with Crippen LogP contribution in [0.5, 0.6) is 0 Å². The van der Waals surface area contributed by atoms with Gasteiger partial charge in [0.25, 0.3) is 0 Å². The smallest absolute Gasteiger partial charge is 0.0191 e. The van der Waals surface area contributed by atoms with Crippen molar-refractivity contribution in [1.29, 1.82) is 0 Å². The molecule has 4 aromatic rings. The minimum Gasteiger partial charge on any atom is -0.330 e. The molecule has 4 aromatic carbocycles. The van der Waals surface area contributed by atoms with Gasteiger partial charge in [-0.25, -0.2) is 0 Å². The van der Waals surface area contributed by atoms with Gasteiger partial charge < -0.3 is 5.73 Å². The highest BCUT2D eigenvalue weighted by atomic mass is 31.1. The molecule has 32 heavy (non-hydrogen) atoms. The van der Waals surface area contributed by atoms with E-state index < -0.39 is 7.92 Å². The number of benzene rings is 4. The fourth-order valence-corrected chi connectivity index (χ4v) is 7.65. The number of nitrogens with two attached hydrogens (primary N) is 1. The third-order valence-electron chi connectivity index (χ3n) is 6.07. The molecule has 4 rings (SSSR count). The maximum Gasteiger partial charge on any atom is 0.0191 e. The molecule has 0 heterocycles. The SMILES string of the molecule is NCCCC[C@@H](c1ccccc1)[C@H](c1ccccc1)P(c1ccccc1)c1ccccc1. The molecule has 0 aliphatic rings. The van der Waals surface area contributed by atoms with Gasteiger partial charge in [0.15, 0.2) is 0 Å². The normalized spacial score (nSPS) is 13.1. The van der Waals surface area contributed by atoms with Crippen molar-refractivity contribution in [2.45, 2.75) is 30.8 Å². The summed E-state index contributed by atoms with van der Waals surface area (Å²) in [6, 6.07) is 44.5. The molecule has 2 N–H and O–H groups in total. The predicted molar refractivity (Wildman–Crippen MR) is 140 cm³/mol. The predicted octanol–water partition coefficient (Wildman–Crippen LogP) is 6.77. The summed E-state index contributed by atoms with van der Waals surface area (Å²) in [5.74, 6) is 0.427. The zero-order valence-electron chi connectivity index (χ0n) is 18.6. The molecule has 0 amide bonds. The minimum atomic E-state index is -0.606. The third-order valence-corrected chi connectivity index (χ3v) is 8.99. The van der Waals surface area contributed by atoms with Gasteiger partial charge in [0.1, 0.15) is 0 Å². The van der Waals surface area contributed by atoms with Crippen molar-refractivity contribution in [2.24, 2.45) is 5.73 Å². The average Bonchev–Trinajstić information content (AvgIpc) is 2.88. The van der Waals surface area contributed by atoms with Crippen molar-refractivity contribution in [1.82, 2.24) is 0 Å². The Kier molecular flexibility index (Phi) is 8.26. The van der Waals surface area contributed by atoms with Crippen LogP contribution in [0.15, 0.2) is 121 Å². The molecule has 0 bridgehead atoms. The van der Waals surface area contributed by atoms with Gasteiger partial charge in [-0.1, -0.05) is 128 Å². The molecule has 2 atom stereocenters. The second kappa shape index (κ2) is 11.8. The summed E-state index contributed by atoms with van der Waals surface area (Å²) in [5.41, 5.74) is 9.12. The minimum absolute atomic E-state index is 0.385. The first kappa shape index (κ1) is 22.5. The first-order valence-electron chi connectivity index (χ1n) is 11.6. The lowest BCUT2D eigenvalue weighted by atomic mass is 9.87. The van der Waals surface area contributed by atoms with Crippen LogP contribution in [0.25, 0.3) is 0 Å². The van der Waals surface area contributed by atoms with E-state index in [2.05, 4.69) is 121 Å². The van der Waals surface area contributed by atoms with Crippen molar-refractivity contribution in [3.05, 3.63) is 132 Å². The van der Waals surface area contributed by atoms with Crippen LogP contribution < -0.4 is 16.3 Å². The molecule has 1 nitrogen and oxygen atoms in total. The number of unbranched alkanes of at least 4 members (excludes halogenated alkanes) is 1. The average molecular weight is 438 g/mol. The summed E-state index contributed by atoms with van der Waals surface area (Å²) in [7, 11) is -0.606. The van der Waals surface area contributed by atoms with Crippen LogP contribution >= 0.6 is 7.92 Å². The zero-order valence-corrected chi connectivity index (χ0v) is 19.4.